The van der Waals surface area contributed by atoms with Gasteiger partial charge in [-0.25, -0.2) is 18.7 Å². The number of fused-ring (bicyclic) bond motifs is 2. The summed E-state index contributed by atoms with van der Waals surface area (Å²) in [5.74, 6) is 0.0612. The number of carbonyl (C=O) groups excluding carboxylic acids is 3. The number of aromatic hydroxyl groups is 2. The summed E-state index contributed by atoms with van der Waals surface area (Å²) >= 11 is 0. The number of benzene rings is 8. The Bertz CT molecular complexity index is 3300. The molecule has 10 nitrogen and oxygen atoms in total. The number of rotatable bonds is 8. The van der Waals surface area contributed by atoms with Gasteiger partial charge in [-0.05, 0) is 98.3 Å². The molecule has 10 aromatic rings. The lowest BCUT2D eigenvalue weighted by molar-refractivity contribution is 0.0964. The molecule has 0 aliphatic carbocycles. The first kappa shape index (κ1) is 54.6. The predicted octanol–water partition coefficient (Wildman–Crippen LogP) is 14.4. The molecule has 0 atom stereocenters. The van der Waals surface area contributed by atoms with E-state index in [9.17, 15) is 33.4 Å². The van der Waals surface area contributed by atoms with Gasteiger partial charge in [0.15, 0.2) is 5.82 Å². The first-order chi connectivity index (χ1) is 33.0. The Morgan fingerprint density at radius 2 is 1.18 bits per heavy atom. The Morgan fingerprint density at radius 1 is 0.606 bits per heavy atom. The number of hydrogen-bond acceptors (Lipinski definition) is 8. The molecule has 10 rings (SSSR count). The zero-order valence-corrected chi connectivity index (χ0v) is 36.9. The maximum Gasteiger partial charge on any atom is 0.264 e. The summed E-state index contributed by atoms with van der Waals surface area (Å²) in [5.41, 5.74) is 7.75. The van der Waals surface area contributed by atoms with E-state index in [4.69, 9.17) is 4.74 Å². The van der Waals surface area contributed by atoms with E-state index in [1.165, 1.54) is 54.6 Å². The number of phenols is 2. The number of H-pyrrole nitrogens is 1. The van der Waals surface area contributed by atoms with Crippen molar-refractivity contribution in [3.63, 3.8) is 0 Å². The van der Waals surface area contributed by atoms with Gasteiger partial charge in [-0.15, -0.1) is 0 Å². The summed E-state index contributed by atoms with van der Waals surface area (Å²) in [5, 5.41) is 19.4. The zero-order chi connectivity index (χ0) is 48.0. The Labute approximate surface area is 412 Å². The fraction of sp³-hybridized carbons (Fsp3) is 0.102. The number of aldehydes is 2. The third-order valence-corrected chi connectivity index (χ3v) is 10.2. The van der Waals surface area contributed by atoms with Gasteiger partial charge in [-0.3, -0.25) is 19.0 Å². The molecule has 0 amide bonds. The monoisotopic (exact) mass is 954 g/mol. The highest BCUT2D eigenvalue weighted by atomic mass is 19.1. The van der Waals surface area contributed by atoms with Gasteiger partial charge in [0.2, 0.25) is 0 Å². The van der Waals surface area contributed by atoms with Crippen LogP contribution in [0.5, 0.6) is 17.2 Å². The maximum atomic E-state index is 14.5. The molecule has 0 aliphatic heterocycles. The van der Waals surface area contributed by atoms with Crippen LogP contribution in [0.25, 0.3) is 44.8 Å². The van der Waals surface area contributed by atoms with Crippen LogP contribution in [-0.2, 0) is 6.61 Å². The van der Waals surface area contributed by atoms with E-state index in [0.717, 1.165) is 56.3 Å². The highest BCUT2D eigenvalue weighted by Gasteiger charge is 2.22. The lowest BCUT2D eigenvalue weighted by atomic mass is 10.1. The Balaban J connectivity index is 0.000000223. The number of halogens is 2. The van der Waals surface area contributed by atoms with Crippen molar-refractivity contribution in [2.24, 2.45) is 0 Å². The number of aromatic amines is 1. The molecule has 0 radical (unpaired) electrons. The number of imidazole rings is 2. The standard InChI is InChI=1S/C20H13FN2O3.C20H15FN2O.2C8H8O.3CH4/c21-16-8-3-9-17-18(16)23(20(26)13-5-2-7-15(25)11-13)19(22-17)12-4-1-6-14(24)10-12;21-17-10-5-11-18-19(17)23-20(22-18)15-8-4-9-16(12-15)24-13-14-6-2-1-3-7-14;2*1-7-3-2-4-8(5-7)6-9;;;/h1-11,24-25H;1-12H,13H2,(H,22,23);2*2-6H,1H3;3*1H4. The van der Waals surface area contributed by atoms with Crippen LogP contribution in [-0.4, -0.2) is 48.2 Å². The van der Waals surface area contributed by atoms with Crippen LogP contribution in [0.15, 0.2) is 188 Å². The summed E-state index contributed by atoms with van der Waals surface area (Å²) in [6.45, 7) is 4.43. The third-order valence-electron chi connectivity index (χ3n) is 10.2. The normalized spacial score (nSPS) is 9.97. The molecule has 0 aliphatic rings. The van der Waals surface area contributed by atoms with E-state index in [2.05, 4.69) is 15.0 Å². The summed E-state index contributed by atoms with van der Waals surface area (Å²) in [6.07, 6.45) is 1.71. The highest BCUT2D eigenvalue weighted by molar-refractivity contribution is 6.04. The van der Waals surface area contributed by atoms with Gasteiger partial charge in [0.05, 0.1) is 11.0 Å². The molecule has 0 fully saturated rings. The molecule has 12 heteroatoms. The van der Waals surface area contributed by atoms with Gasteiger partial charge in [-0.2, -0.15) is 0 Å². The first-order valence-corrected chi connectivity index (χ1v) is 21.2. The molecule has 2 aromatic heterocycles. The molecule has 0 unspecified atom stereocenters. The van der Waals surface area contributed by atoms with Crippen molar-refractivity contribution in [2.45, 2.75) is 42.7 Å². The second-order valence-electron chi connectivity index (χ2n) is 15.4. The van der Waals surface area contributed by atoms with Crippen molar-refractivity contribution in [3.05, 3.63) is 233 Å². The number of para-hydroxylation sites is 2. The molecular weight excluding hydrogens is 899 g/mol. The van der Waals surface area contributed by atoms with Crippen molar-refractivity contribution >= 4 is 40.5 Å². The average molecular weight is 955 g/mol. The third kappa shape index (κ3) is 14.3. The van der Waals surface area contributed by atoms with E-state index in [1.54, 1.807) is 36.4 Å². The minimum absolute atomic E-state index is 0. The lowest BCUT2D eigenvalue weighted by Crippen LogP contribution is -2.14. The fourth-order valence-corrected chi connectivity index (χ4v) is 6.98. The van der Waals surface area contributed by atoms with E-state index in [0.29, 0.717) is 34.5 Å². The van der Waals surface area contributed by atoms with Crippen LogP contribution < -0.4 is 4.74 Å². The summed E-state index contributed by atoms with van der Waals surface area (Å²) in [4.78, 5) is 45.3. The van der Waals surface area contributed by atoms with Gasteiger partial charge < -0.3 is 19.9 Å². The smallest absolute Gasteiger partial charge is 0.264 e. The van der Waals surface area contributed by atoms with E-state index in [-0.39, 0.29) is 56.5 Å². The van der Waals surface area contributed by atoms with E-state index in [1.807, 2.05) is 111 Å². The van der Waals surface area contributed by atoms with Crippen LogP contribution in [0.2, 0.25) is 0 Å². The number of aryl methyl sites for hydroxylation is 2. The SMILES string of the molecule is C.C.C.Cc1cccc(C=O)c1.Cc1cccc(C=O)c1.Fc1cccc2[nH]c(-c3cccc(OCc4ccccc4)c3)nc12.O=C(c1cccc(O)c1)n1c(-c2cccc(O)c2)nc2cccc(F)c21. The van der Waals surface area contributed by atoms with Gasteiger partial charge >= 0.3 is 0 Å². The van der Waals surface area contributed by atoms with Crippen LogP contribution >= 0.6 is 0 Å². The van der Waals surface area contributed by atoms with Crippen LogP contribution in [0, 0.1) is 25.5 Å². The second-order valence-corrected chi connectivity index (χ2v) is 15.4. The van der Waals surface area contributed by atoms with Gasteiger partial charge in [-0.1, -0.05) is 143 Å². The van der Waals surface area contributed by atoms with Gasteiger partial charge in [0, 0.05) is 27.8 Å². The molecule has 0 saturated carbocycles. The van der Waals surface area contributed by atoms with Gasteiger partial charge in [0.1, 0.15) is 64.9 Å². The molecule has 362 valence electrons. The van der Waals surface area contributed by atoms with Crippen molar-refractivity contribution in [1.29, 1.82) is 0 Å². The Morgan fingerprint density at radius 3 is 1.79 bits per heavy atom. The average Bonchev–Trinajstić information content (AvgIpc) is 3.99. The van der Waals surface area contributed by atoms with Gasteiger partial charge in [0.25, 0.3) is 5.91 Å². The molecule has 8 aromatic carbocycles. The number of nitrogens with zero attached hydrogens (tertiary/aromatic N) is 3. The number of nitrogens with one attached hydrogen (secondary N) is 1. The first-order valence-electron chi connectivity index (χ1n) is 21.2. The quantitative estimate of drug-likeness (QED) is 0.128. The Kier molecular flexibility index (Phi) is 19.9. The summed E-state index contributed by atoms with van der Waals surface area (Å²) in [6, 6.07) is 53.9. The molecule has 0 spiro atoms. The number of aromatic nitrogens is 4. The number of phenolic OH excluding ortho intramolecular Hbond substituents is 2. The molecular formula is C59H56F2N4O6. The predicted molar refractivity (Wildman–Crippen MR) is 280 cm³/mol. The lowest BCUT2D eigenvalue weighted by Gasteiger charge is -2.09. The molecule has 0 saturated heterocycles. The van der Waals surface area contributed by atoms with Crippen molar-refractivity contribution < 1.29 is 38.1 Å². The number of carbonyl (C=O) groups is 3. The largest absolute Gasteiger partial charge is 0.508 e. The minimum atomic E-state index is -0.588. The second kappa shape index (κ2) is 25.9. The highest BCUT2D eigenvalue weighted by Crippen LogP contribution is 2.30. The number of hydrogen-bond donors (Lipinski definition) is 3. The molecule has 2 heterocycles. The van der Waals surface area contributed by atoms with E-state index >= 15 is 0 Å². The summed E-state index contributed by atoms with van der Waals surface area (Å²) in [7, 11) is 0. The summed E-state index contributed by atoms with van der Waals surface area (Å²) < 4.78 is 35.3. The topological polar surface area (TPSA) is 147 Å². The maximum absolute atomic E-state index is 14.5. The minimum Gasteiger partial charge on any atom is -0.508 e. The van der Waals surface area contributed by atoms with E-state index < -0.39 is 11.7 Å². The molecule has 0 bridgehead atoms. The van der Waals surface area contributed by atoms with Crippen molar-refractivity contribution in [3.8, 4) is 40.0 Å². The van der Waals surface area contributed by atoms with Crippen LogP contribution in [0.3, 0.4) is 0 Å². The van der Waals surface area contributed by atoms with Crippen LogP contribution in [0.1, 0.15) is 70.0 Å². The molecule has 71 heavy (non-hydrogen) atoms. The van der Waals surface area contributed by atoms with Crippen LogP contribution in [0.4, 0.5) is 8.78 Å². The Hall–Kier alpha value is -9.03. The van der Waals surface area contributed by atoms with Crippen molar-refractivity contribution in [1.82, 2.24) is 19.5 Å². The van der Waals surface area contributed by atoms with Crippen molar-refractivity contribution in [2.75, 3.05) is 0 Å². The fourth-order valence-electron chi connectivity index (χ4n) is 6.98. The zero-order valence-electron chi connectivity index (χ0n) is 36.9. The number of ether oxygens (including phenoxy) is 1. The molecule has 3 N–H and O–H groups in total.